The molecule has 0 fully saturated rings. The summed E-state index contributed by atoms with van der Waals surface area (Å²) in [5, 5.41) is 11.4. The lowest BCUT2D eigenvalue weighted by Crippen LogP contribution is -2.18. The van der Waals surface area contributed by atoms with Crippen LogP contribution in [0.1, 0.15) is 25.5 Å². The van der Waals surface area contributed by atoms with Crippen LogP contribution >= 0.6 is 0 Å². The fourth-order valence-corrected chi connectivity index (χ4v) is 2.37. The van der Waals surface area contributed by atoms with Gasteiger partial charge in [-0.3, -0.25) is 4.79 Å². The second-order valence-electron chi connectivity index (χ2n) is 5.61. The zero-order valence-corrected chi connectivity index (χ0v) is 13.2. The molecule has 0 radical (unpaired) electrons. The number of aromatic nitrogens is 4. The largest absolute Gasteiger partial charge is 0.311 e. The molecule has 1 N–H and O–H groups in total. The molecule has 0 bridgehead atoms. The molecule has 0 aliphatic carbocycles. The highest BCUT2D eigenvalue weighted by atomic mass is 16.1. The Morgan fingerprint density at radius 3 is 2.70 bits per heavy atom. The first-order valence-electron chi connectivity index (χ1n) is 7.56. The normalized spacial score (nSPS) is 10.9. The fourth-order valence-electron chi connectivity index (χ4n) is 2.37. The zero-order chi connectivity index (χ0) is 16.2. The third-order valence-corrected chi connectivity index (χ3v) is 3.45. The molecule has 118 valence electrons. The Kier molecular flexibility index (Phi) is 4.23. The third kappa shape index (κ3) is 3.48. The maximum absolute atomic E-state index is 12.2. The van der Waals surface area contributed by atoms with Gasteiger partial charge in [-0.05, 0) is 31.5 Å². The van der Waals surface area contributed by atoms with E-state index in [0.29, 0.717) is 5.82 Å². The van der Waals surface area contributed by atoms with Gasteiger partial charge in [0.25, 0.3) is 0 Å². The van der Waals surface area contributed by atoms with Crippen molar-refractivity contribution in [1.82, 2.24) is 19.6 Å². The number of anilines is 1. The second-order valence-corrected chi connectivity index (χ2v) is 5.61. The van der Waals surface area contributed by atoms with Crippen LogP contribution in [0.15, 0.2) is 55.0 Å². The van der Waals surface area contributed by atoms with Crippen molar-refractivity contribution in [3.05, 3.63) is 60.6 Å². The zero-order valence-electron chi connectivity index (χ0n) is 13.2. The molecule has 1 aromatic carbocycles. The molecule has 2 aromatic heterocycles. The van der Waals surface area contributed by atoms with Crippen LogP contribution < -0.4 is 5.32 Å². The van der Waals surface area contributed by atoms with Crippen LogP contribution in [0, 0.1) is 0 Å². The van der Waals surface area contributed by atoms with Crippen molar-refractivity contribution in [2.45, 2.75) is 26.3 Å². The third-order valence-electron chi connectivity index (χ3n) is 3.45. The molecule has 6 nitrogen and oxygen atoms in total. The molecule has 23 heavy (non-hydrogen) atoms. The van der Waals surface area contributed by atoms with Gasteiger partial charge in [0, 0.05) is 18.3 Å². The molecule has 3 rings (SSSR count). The standard InChI is InChI=1S/C17H19N5O/c1-13(2)22-16(8-9-18-22)20-17(23)10-14-11-19-21(12-14)15-6-4-3-5-7-15/h3-9,11-13H,10H2,1-2H3,(H,20,23). The number of carbonyl (C=O) groups is 1. The second kappa shape index (κ2) is 6.48. The maximum atomic E-state index is 12.2. The van der Waals surface area contributed by atoms with Gasteiger partial charge in [0.15, 0.2) is 0 Å². The molecule has 0 unspecified atom stereocenters. The van der Waals surface area contributed by atoms with Gasteiger partial charge in [-0.2, -0.15) is 10.2 Å². The molecule has 3 aromatic rings. The number of hydrogen-bond acceptors (Lipinski definition) is 3. The van der Waals surface area contributed by atoms with E-state index in [4.69, 9.17) is 0 Å². The van der Waals surface area contributed by atoms with Gasteiger partial charge in [0.1, 0.15) is 5.82 Å². The molecule has 0 aliphatic heterocycles. The number of para-hydroxylation sites is 1. The summed E-state index contributed by atoms with van der Waals surface area (Å²) < 4.78 is 3.55. The van der Waals surface area contributed by atoms with Crippen LogP contribution in [0.4, 0.5) is 5.82 Å². The van der Waals surface area contributed by atoms with Crippen molar-refractivity contribution in [2.24, 2.45) is 0 Å². The van der Waals surface area contributed by atoms with E-state index in [0.717, 1.165) is 11.3 Å². The molecule has 0 spiro atoms. The van der Waals surface area contributed by atoms with Gasteiger partial charge in [-0.25, -0.2) is 9.36 Å². The number of benzene rings is 1. The van der Waals surface area contributed by atoms with Crippen molar-refractivity contribution in [3.8, 4) is 5.69 Å². The van der Waals surface area contributed by atoms with Crippen molar-refractivity contribution in [1.29, 1.82) is 0 Å². The highest BCUT2D eigenvalue weighted by molar-refractivity contribution is 5.91. The first-order chi connectivity index (χ1) is 11.1. The number of hydrogen-bond donors (Lipinski definition) is 1. The molecule has 0 atom stereocenters. The smallest absolute Gasteiger partial charge is 0.230 e. The van der Waals surface area contributed by atoms with E-state index in [1.165, 1.54) is 0 Å². The van der Waals surface area contributed by atoms with Crippen LogP contribution in [0.25, 0.3) is 5.69 Å². The molecule has 1 amide bonds. The number of carbonyl (C=O) groups excluding carboxylic acids is 1. The molecule has 6 heteroatoms. The Balaban J connectivity index is 1.67. The van der Waals surface area contributed by atoms with Crippen LogP contribution in [-0.2, 0) is 11.2 Å². The van der Waals surface area contributed by atoms with Gasteiger partial charge in [-0.15, -0.1) is 0 Å². The lowest BCUT2D eigenvalue weighted by molar-refractivity contribution is -0.115. The molecular weight excluding hydrogens is 290 g/mol. The van der Waals surface area contributed by atoms with Crippen molar-refractivity contribution in [2.75, 3.05) is 5.32 Å². The minimum atomic E-state index is -0.0833. The number of amides is 1. The average Bonchev–Trinajstić information content (AvgIpc) is 3.17. The van der Waals surface area contributed by atoms with Crippen LogP contribution in [0.5, 0.6) is 0 Å². The summed E-state index contributed by atoms with van der Waals surface area (Å²) in [5.74, 6) is 0.625. The molecule has 0 saturated carbocycles. The summed E-state index contributed by atoms with van der Waals surface area (Å²) in [7, 11) is 0. The maximum Gasteiger partial charge on any atom is 0.230 e. The van der Waals surface area contributed by atoms with Crippen LogP contribution in [0.3, 0.4) is 0 Å². The average molecular weight is 309 g/mol. The van der Waals surface area contributed by atoms with Gasteiger partial charge in [0.05, 0.1) is 24.5 Å². The van der Waals surface area contributed by atoms with E-state index in [1.807, 2.05) is 50.4 Å². The lowest BCUT2D eigenvalue weighted by Gasteiger charge is -2.11. The molecule has 0 saturated heterocycles. The monoisotopic (exact) mass is 309 g/mol. The Morgan fingerprint density at radius 1 is 1.17 bits per heavy atom. The van der Waals surface area contributed by atoms with Crippen molar-refractivity contribution < 1.29 is 4.79 Å². The Labute approximate surface area is 134 Å². The van der Waals surface area contributed by atoms with Crippen molar-refractivity contribution >= 4 is 11.7 Å². The molecule has 2 heterocycles. The quantitative estimate of drug-likeness (QED) is 0.788. The summed E-state index contributed by atoms with van der Waals surface area (Å²) in [4.78, 5) is 12.2. The molecule has 0 aliphatic rings. The highest BCUT2D eigenvalue weighted by Gasteiger charge is 2.11. The summed E-state index contributed by atoms with van der Waals surface area (Å²) in [5.41, 5.74) is 1.83. The Hall–Kier alpha value is -2.89. The summed E-state index contributed by atoms with van der Waals surface area (Å²) in [6.45, 7) is 4.04. The SMILES string of the molecule is CC(C)n1nccc1NC(=O)Cc1cnn(-c2ccccc2)c1. The number of rotatable bonds is 5. The predicted molar refractivity (Wildman–Crippen MR) is 88.5 cm³/mol. The minimum absolute atomic E-state index is 0.0833. The first kappa shape index (κ1) is 15.0. The highest BCUT2D eigenvalue weighted by Crippen LogP contribution is 2.14. The van der Waals surface area contributed by atoms with Crippen LogP contribution in [-0.4, -0.2) is 25.5 Å². The predicted octanol–water partition coefficient (Wildman–Crippen LogP) is 2.83. The van der Waals surface area contributed by atoms with E-state index in [1.54, 1.807) is 27.8 Å². The van der Waals surface area contributed by atoms with Crippen molar-refractivity contribution in [3.63, 3.8) is 0 Å². The summed E-state index contributed by atoms with van der Waals surface area (Å²) in [6, 6.07) is 11.8. The number of nitrogens with one attached hydrogen (secondary N) is 1. The fraction of sp³-hybridized carbons (Fsp3) is 0.235. The van der Waals surface area contributed by atoms with E-state index >= 15 is 0 Å². The minimum Gasteiger partial charge on any atom is -0.311 e. The number of nitrogens with zero attached hydrogens (tertiary/aromatic N) is 4. The van der Waals surface area contributed by atoms with Gasteiger partial charge >= 0.3 is 0 Å². The van der Waals surface area contributed by atoms with E-state index in [9.17, 15) is 4.79 Å². The van der Waals surface area contributed by atoms with Crippen LogP contribution in [0.2, 0.25) is 0 Å². The summed E-state index contributed by atoms with van der Waals surface area (Å²) >= 11 is 0. The lowest BCUT2D eigenvalue weighted by atomic mass is 10.2. The summed E-state index contributed by atoms with van der Waals surface area (Å²) in [6.07, 6.45) is 5.54. The van der Waals surface area contributed by atoms with E-state index in [2.05, 4.69) is 15.5 Å². The Bertz CT molecular complexity index is 788. The molecular formula is C17H19N5O. The van der Waals surface area contributed by atoms with Gasteiger partial charge < -0.3 is 5.32 Å². The first-order valence-corrected chi connectivity index (χ1v) is 7.56. The Morgan fingerprint density at radius 2 is 1.96 bits per heavy atom. The van der Waals surface area contributed by atoms with Gasteiger partial charge in [0.2, 0.25) is 5.91 Å². The topological polar surface area (TPSA) is 64.7 Å². The van der Waals surface area contributed by atoms with Gasteiger partial charge in [-0.1, -0.05) is 18.2 Å². The van der Waals surface area contributed by atoms with E-state index in [-0.39, 0.29) is 18.4 Å². The van der Waals surface area contributed by atoms with E-state index < -0.39 is 0 Å².